The Balaban J connectivity index is 4.25. The topological polar surface area (TPSA) is 91.7 Å². The number of hydrogen-bond acceptors (Lipinski definition) is 4. The summed E-state index contributed by atoms with van der Waals surface area (Å²) in [6.07, 6.45) is 0. The molecule has 0 aromatic carbocycles. The lowest BCUT2D eigenvalue weighted by Crippen LogP contribution is -2.29. The van der Waals surface area contributed by atoms with E-state index in [0.29, 0.717) is 0 Å². The summed E-state index contributed by atoms with van der Waals surface area (Å²) < 4.78 is 0. The first kappa shape index (κ1) is 9.77. The fourth-order valence-electron chi connectivity index (χ4n) is 0.468. The van der Waals surface area contributed by atoms with Gasteiger partial charge in [0.05, 0.1) is 5.92 Å². The van der Waals surface area contributed by atoms with Crippen LogP contribution in [0.5, 0.6) is 0 Å². The van der Waals surface area contributed by atoms with Crippen LogP contribution >= 0.6 is 0 Å². The van der Waals surface area contributed by atoms with Gasteiger partial charge in [0.25, 0.3) is 0 Å². The van der Waals surface area contributed by atoms with Gasteiger partial charge in [0, 0.05) is 0 Å². The van der Waals surface area contributed by atoms with Gasteiger partial charge in [0.2, 0.25) is 5.78 Å². The van der Waals surface area contributed by atoms with Gasteiger partial charge in [-0.25, -0.2) is 4.79 Å². The average Bonchev–Trinajstić information content (AvgIpc) is 2.00. The molecule has 5 heteroatoms. The van der Waals surface area contributed by atoms with Crippen LogP contribution in [0.4, 0.5) is 0 Å². The zero-order chi connectivity index (χ0) is 9.02. The first-order valence-electron chi connectivity index (χ1n) is 2.91. The molecular weight excluding hydrogens is 152 g/mol. The van der Waals surface area contributed by atoms with Gasteiger partial charge in [-0.05, 0) is 6.92 Å². The molecule has 2 N–H and O–H groups in total. The number of rotatable bonds is 4. The van der Waals surface area contributed by atoms with Crippen molar-refractivity contribution in [2.75, 3.05) is 6.61 Å². The van der Waals surface area contributed by atoms with E-state index < -0.39 is 30.1 Å². The second-order valence-electron chi connectivity index (χ2n) is 2.02. The lowest BCUT2D eigenvalue weighted by atomic mass is 10.0. The molecule has 0 saturated carbocycles. The van der Waals surface area contributed by atoms with Gasteiger partial charge in [0.15, 0.2) is 5.78 Å². The molecule has 0 fully saturated rings. The monoisotopic (exact) mass is 160 g/mol. The number of aliphatic carboxylic acids is 1. The molecule has 0 heterocycles. The van der Waals surface area contributed by atoms with Gasteiger partial charge in [-0.2, -0.15) is 0 Å². The normalized spacial score (nSPS) is 12.2. The highest BCUT2D eigenvalue weighted by molar-refractivity contribution is 6.37. The van der Waals surface area contributed by atoms with Crippen molar-refractivity contribution < 1.29 is 24.6 Å². The second-order valence-corrected chi connectivity index (χ2v) is 2.02. The van der Waals surface area contributed by atoms with Crippen LogP contribution in [-0.4, -0.2) is 34.4 Å². The third-order valence-electron chi connectivity index (χ3n) is 1.24. The van der Waals surface area contributed by atoms with Gasteiger partial charge in [0.1, 0.15) is 6.61 Å². The van der Waals surface area contributed by atoms with Crippen LogP contribution < -0.4 is 0 Å². The minimum atomic E-state index is -1.65. The number of hydrogen-bond donors (Lipinski definition) is 2. The van der Waals surface area contributed by atoms with Crippen LogP contribution in [0.1, 0.15) is 6.92 Å². The lowest BCUT2D eigenvalue weighted by Gasteiger charge is -2.01. The van der Waals surface area contributed by atoms with Gasteiger partial charge >= 0.3 is 5.97 Å². The highest BCUT2D eigenvalue weighted by atomic mass is 16.4. The van der Waals surface area contributed by atoms with Crippen molar-refractivity contribution in [3.05, 3.63) is 0 Å². The number of carboxylic acid groups (broad SMARTS) is 1. The Morgan fingerprint density at radius 2 is 1.82 bits per heavy atom. The second kappa shape index (κ2) is 3.82. The third kappa shape index (κ3) is 2.46. The number of aliphatic hydroxyl groups is 1. The maximum atomic E-state index is 10.5. The number of ketones is 2. The van der Waals surface area contributed by atoms with Crippen molar-refractivity contribution in [1.82, 2.24) is 0 Å². The van der Waals surface area contributed by atoms with Crippen molar-refractivity contribution >= 4 is 17.5 Å². The molecule has 0 amide bonds. The molecular formula is C6H8O5. The Morgan fingerprint density at radius 3 is 2.09 bits per heavy atom. The molecule has 0 bridgehead atoms. The summed E-state index contributed by atoms with van der Waals surface area (Å²) in [7, 11) is 0. The minimum Gasteiger partial charge on any atom is -0.475 e. The summed E-state index contributed by atoms with van der Waals surface area (Å²) in [6, 6.07) is 0. The van der Waals surface area contributed by atoms with E-state index >= 15 is 0 Å². The molecule has 0 aromatic rings. The third-order valence-corrected chi connectivity index (χ3v) is 1.24. The SMILES string of the molecule is CC(C(=O)CO)C(=O)C(=O)O. The van der Waals surface area contributed by atoms with Crippen LogP contribution in [0.2, 0.25) is 0 Å². The zero-order valence-electron chi connectivity index (χ0n) is 5.90. The molecule has 0 radical (unpaired) electrons. The van der Waals surface area contributed by atoms with Gasteiger partial charge < -0.3 is 10.2 Å². The highest BCUT2D eigenvalue weighted by Gasteiger charge is 2.25. The number of carboxylic acids is 1. The maximum Gasteiger partial charge on any atom is 0.372 e. The Hall–Kier alpha value is -1.23. The van der Waals surface area contributed by atoms with E-state index in [4.69, 9.17) is 10.2 Å². The van der Waals surface area contributed by atoms with E-state index in [1.54, 1.807) is 0 Å². The Kier molecular flexibility index (Phi) is 3.39. The molecule has 0 aliphatic heterocycles. The number of aliphatic hydroxyl groups excluding tert-OH is 1. The Labute approximate surface area is 62.6 Å². The molecule has 5 nitrogen and oxygen atoms in total. The quantitative estimate of drug-likeness (QED) is 0.399. The van der Waals surface area contributed by atoms with Gasteiger partial charge in [-0.15, -0.1) is 0 Å². The van der Waals surface area contributed by atoms with E-state index in [0.717, 1.165) is 6.92 Å². The Bertz CT molecular complexity index is 195. The van der Waals surface area contributed by atoms with Crippen molar-refractivity contribution in [3.8, 4) is 0 Å². The van der Waals surface area contributed by atoms with Crippen LogP contribution in [-0.2, 0) is 14.4 Å². The summed E-state index contributed by atoms with van der Waals surface area (Å²) >= 11 is 0. The first-order valence-corrected chi connectivity index (χ1v) is 2.91. The van der Waals surface area contributed by atoms with E-state index in [1.165, 1.54) is 0 Å². The number of carbonyl (C=O) groups is 3. The zero-order valence-corrected chi connectivity index (χ0v) is 5.90. The predicted octanol–water partition coefficient (Wildman–Crippen LogP) is -1.16. The summed E-state index contributed by atoms with van der Waals surface area (Å²) in [5, 5.41) is 16.4. The largest absolute Gasteiger partial charge is 0.475 e. The molecule has 62 valence electrons. The average molecular weight is 160 g/mol. The minimum absolute atomic E-state index is 0.780. The van der Waals surface area contributed by atoms with Crippen molar-refractivity contribution in [3.63, 3.8) is 0 Å². The molecule has 0 spiro atoms. The Morgan fingerprint density at radius 1 is 1.36 bits per heavy atom. The van der Waals surface area contributed by atoms with Crippen LogP contribution in [0.15, 0.2) is 0 Å². The van der Waals surface area contributed by atoms with E-state index in [2.05, 4.69) is 0 Å². The fraction of sp³-hybridized carbons (Fsp3) is 0.500. The lowest BCUT2D eigenvalue weighted by molar-refractivity contribution is -0.152. The molecule has 0 aliphatic carbocycles. The molecule has 0 rings (SSSR count). The van der Waals surface area contributed by atoms with Crippen LogP contribution in [0.25, 0.3) is 0 Å². The van der Waals surface area contributed by atoms with E-state index in [1.807, 2.05) is 0 Å². The molecule has 1 unspecified atom stereocenters. The molecule has 0 aliphatic rings. The van der Waals surface area contributed by atoms with Crippen molar-refractivity contribution in [1.29, 1.82) is 0 Å². The smallest absolute Gasteiger partial charge is 0.372 e. The summed E-state index contributed by atoms with van der Waals surface area (Å²) in [5.41, 5.74) is 0. The van der Waals surface area contributed by atoms with Crippen molar-refractivity contribution in [2.24, 2.45) is 5.92 Å². The van der Waals surface area contributed by atoms with E-state index in [-0.39, 0.29) is 0 Å². The first-order chi connectivity index (χ1) is 5.00. The maximum absolute atomic E-state index is 10.5. The molecule has 0 saturated heterocycles. The number of carbonyl (C=O) groups excluding carboxylic acids is 2. The van der Waals surface area contributed by atoms with E-state index in [9.17, 15) is 14.4 Å². The fourth-order valence-corrected chi connectivity index (χ4v) is 0.468. The summed E-state index contributed by atoms with van der Waals surface area (Å²) in [5.74, 6) is -4.88. The standard InChI is InChI=1S/C6H8O5/c1-3(4(8)2-7)5(9)6(10)11/h3,7H,2H2,1H3,(H,10,11). The number of Topliss-reactive ketones (excluding diaryl/α,β-unsaturated/α-hetero) is 2. The summed E-state index contributed by atoms with van der Waals surface area (Å²) in [6.45, 7) is 0.342. The summed E-state index contributed by atoms with van der Waals surface area (Å²) in [4.78, 5) is 31.0. The molecule has 11 heavy (non-hydrogen) atoms. The molecule has 0 aromatic heterocycles. The van der Waals surface area contributed by atoms with Gasteiger partial charge in [-0.3, -0.25) is 9.59 Å². The van der Waals surface area contributed by atoms with Crippen molar-refractivity contribution in [2.45, 2.75) is 6.92 Å². The van der Waals surface area contributed by atoms with Crippen LogP contribution in [0.3, 0.4) is 0 Å². The van der Waals surface area contributed by atoms with Gasteiger partial charge in [-0.1, -0.05) is 0 Å². The highest BCUT2D eigenvalue weighted by Crippen LogP contribution is 1.98. The van der Waals surface area contributed by atoms with Crippen LogP contribution in [0, 0.1) is 5.92 Å². The predicted molar refractivity (Wildman–Crippen MR) is 33.9 cm³/mol. The molecule has 1 atom stereocenters.